The van der Waals surface area contributed by atoms with E-state index in [1.165, 1.54) is 5.56 Å². The zero-order chi connectivity index (χ0) is 18.1. The number of urea groups is 1. The molecule has 0 unspecified atom stereocenters. The first-order valence-electron chi connectivity index (χ1n) is 8.97. The van der Waals surface area contributed by atoms with Crippen LogP contribution in [0.3, 0.4) is 0 Å². The van der Waals surface area contributed by atoms with E-state index in [0.29, 0.717) is 26.2 Å². The molecule has 0 aromatic heterocycles. The number of nitrogens with zero attached hydrogens (tertiary/aromatic N) is 1. The summed E-state index contributed by atoms with van der Waals surface area (Å²) >= 11 is 0. The highest BCUT2D eigenvalue weighted by Gasteiger charge is 2.32. The van der Waals surface area contributed by atoms with E-state index in [-0.39, 0.29) is 23.9 Å². The molecule has 3 amide bonds. The Bertz CT molecular complexity index is 550. The van der Waals surface area contributed by atoms with Gasteiger partial charge in [-0.05, 0) is 31.7 Å². The topological polar surface area (TPSA) is 70.7 Å². The molecule has 1 aromatic rings. The number of amides is 3. The molecule has 6 heteroatoms. The second-order valence-electron chi connectivity index (χ2n) is 6.53. The molecule has 1 saturated heterocycles. The van der Waals surface area contributed by atoms with Gasteiger partial charge < -0.3 is 20.3 Å². The number of ether oxygens (including phenoxy) is 1. The molecule has 1 aliphatic rings. The predicted octanol–water partition coefficient (Wildman–Crippen LogP) is 1.80. The number of likely N-dealkylation sites (tertiary alicyclic amines) is 1. The molecule has 0 radical (unpaired) electrons. The number of rotatable bonds is 7. The van der Waals surface area contributed by atoms with Crippen LogP contribution in [0.4, 0.5) is 4.79 Å². The van der Waals surface area contributed by atoms with Crippen LogP contribution in [-0.2, 0) is 16.0 Å². The van der Waals surface area contributed by atoms with E-state index in [4.69, 9.17) is 4.74 Å². The zero-order valence-corrected chi connectivity index (χ0v) is 15.2. The molecule has 138 valence electrons. The van der Waals surface area contributed by atoms with Gasteiger partial charge in [-0.1, -0.05) is 30.3 Å². The molecule has 1 aliphatic heterocycles. The molecular formula is C19H29N3O3. The summed E-state index contributed by atoms with van der Waals surface area (Å²) < 4.78 is 4.95. The highest BCUT2D eigenvalue weighted by atomic mass is 16.5. The monoisotopic (exact) mass is 347 g/mol. The summed E-state index contributed by atoms with van der Waals surface area (Å²) in [5, 5.41) is 5.85. The standard InChI is InChI=1S/C19H29N3O3/c1-15-8-9-17(18(23)20-12-13-25-2)14-22(15)19(24)21-11-10-16-6-4-3-5-7-16/h3-7,15,17H,8-14H2,1-2H3,(H,20,23)(H,21,24)/t15-,17+/m1/s1. The van der Waals surface area contributed by atoms with Gasteiger partial charge in [0.1, 0.15) is 0 Å². The lowest BCUT2D eigenvalue weighted by atomic mass is 9.93. The number of hydrogen-bond donors (Lipinski definition) is 2. The van der Waals surface area contributed by atoms with E-state index in [2.05, 4.69) is 22.8 Å². The van der Waals surface area contributed by atoms with Crippen molar-refractivity contribution >= 4 is 11.9 Å². The molecule has 25 heavy (non-hydrogen) atoms. The van der Waals surface area contributed by atoms with Crippen molar-refractivity contribution in [2.24, 2.45) is 5.92 Å². The van der Waals surface area contributed by atoms with E-state index in [9.17, 15) is 9.59 Å². The Morgan fingerprint density at radius 1 is 1.16 bits per heavy atom. The first-order valence-corrected chi connectivity index (χ1v) is 8.97. The lowest BCUT2D eigenvalue weighted by Gasteiger charge is -2.37. The maximum Gasteiger partial charge on any atom is 0.317 e. The molecule has 0 bridgehead atoms. The van der Waals surface area contributed by atoms with Crippen LogP contribution < -0.4 is 10.6 Å². The highest BCUT2D eigenvalue weighted by molar-refractivity contribution is 5.81. The Balaban J connectivity index is 1.79. The molecule has 0 aliphatic carbocycles. The Kier molecular flexibility index (Phi) is 7.73. The average molecular weight is 347 g/mol. The fourth-order valence-electron chi connectivity index (χ4n) is 3.08. The van der Waals surface area contributed by atoms with Crippen LogP contribution in [-0.4, -0.2) is 56.2 Å². The van der Waals surface area contributed by atoms with Crippen LogP contribution in [0.25, 0.3) is 0 Å². The number of hydrogen-bond acceptors (Lipinski definition) is 3. The third-order valence-electron chi connectivity index (χ3n) is 4.65. The van der Waals surface area contributed by atoms with Crippen LogP contribution in [0.2, 0.25) is 0 Å². The number of benzene rings is 1. The summed E-state index contributed by atoms with van der Waals surface area (Å²) in [6, 6.07) is 10.1. The fraction of sp³-hybridized carbons (Fsp3) is 0.579. The summed E-state index contributed by atoms with van der Waals surface area (Å²) in [5.74, 6) is -0.140. The van der Waals surface area contributed by atoms with Crippen LogP contribution in [0.5, 0.6) is 0 Å². The molecule has 0 saturated carbocycles. The van der Waals surface area contributed by atoms with E-state index in [0.717, 1.165) is 19.3 Å². The Morgan fingerprint density at radius 2 is 1.92 bits per heavy atom. The van der Waals surface area contributed by atoms with Gasteiger partial charge in [-0.15, -0.1) is 0 Å². The first kappa shape index (κ1) is 19.2. The molecular weight excluding hydrogens is 318 g/mol. The Hall–Kier alpha value is -2.08. The van der Waals surface area contributed by atoms with Gasteiger partial charge in [0.25, 0.3) is 0 Å². The van der Waals surface area contributed by atoms with E-state index < -0.39 is 0 Å². The smallest absolute Gasteiger partial charge is 0.317 e. The summed E-state index contributed by atoms with van der Waals surface area (Å²) in [5.41, 5.74) is 1.20. The minimum Gasteiger partial charge on any atom is -0.383 e. The Labute approximate surface area is 149 Å². The summed E-state index contributed by atoms with van der Waals surface area (Å²) in [7, 11) is 1.61. The van der Waals surface area contributed by atoms with Crippen LogP contribution >= 0.6 is 0 Å². The average Bonchev–Trinajstić information content (AvgIpc) is 2.63. The third-order valence-corrected chi connectivity index (χ3v) is 4.65. The van der Waals surface area contributed by atoms with Crippen LogP contribution in [0.15, 0.2) is 30.3 Å². The number of methoxy groups -OCH3 is 1. The van der Waals surface area contributed by atoms with Crippen molar-refractivity contribution in [2.75, 3.05) is 33.4 Å². The predicted molar refractivity (Wildman–Crippen MR) is 97.3 cm³/mol. The molecule has 1 fully saturated rings. The fourth-order valence-corrected chi connectivity index (χ4v) is 3.08. The van der Waals surface area contributed by atoms with Crippen molar-refractivity contribution < 1.29 is 14.3 Å². The van der Waals surface area contributed by atoms with Gasteiger partial charge in [0.2, 0.25) is 5.91 Å². The quantitative estimate of drug-likeness (QED) is 0.739. The van der Waals surface area contributed by atoms with Gasteiger partial charge in [-0.3, -0.25) is 4.79 Å². The first-order chi connectivity index (χ1) is 12.1. The summed E-state index contributed by atoms with van der Waals surface area (Å²) in [4.78, 5) is 26.5. The van der Waals surface area contributed by atoms with Crippen molar-refractivity contribution in [2.45, 2.75) is 32.2 Å². The molecule has 1 heterocycles. The molecule has 6 nitrogen and oxygen atoms in total. The van der Waals surface area contributed by atoms with Crippen LogP contribution in [0, 0.1) is 5.92 Å². The molecule has 2 atom stereocenters. The number of piperidine rings is 1. The van der Waals surface area contributed by atoms with Crippen molar-refractivity contribution in [1.82, 2.24) is 15.5 Å². The lowest BCUT2D eigenvalue weighted by molar-refractivity contribution is -0.126. The van der Waals surface area contributed by atoms with E-state index >= 15 is 0 Å². The van der Waals surface area contributed by atoms with Crippen molar-refractivity contribution in [3.8, 4) is 0 Å². The zero-order valence-electron chi connectivity index (χ0n) is 15.2. The highest BCUT2D eigenvalue weighted by Crippen LogP contribution is 2.22. The number of carbonyl (C=O) groups is 2. The molecule has 0 spiro atoms. The van der Waals surface area contributed by atoms with Crippen molar-refractivity contribution in [3.63, 3.8) is 0 Å². The largest absolute Gasteiger partial charge is 0.383 e. The van der Waals surface area contributed by atoms with E-state index in [1.807, 2.05) is 25.1 Å². The van der Waals surface area contributed by atoms with Gasteiger partial charge in [0.05, 0.1) is 12.5 Å². The van der Waals surface area contributed by atoms with Gasteiger partial charge in [0, 0.05) is 32.8 Å². The van der Waals surface area contributed by atoms with Gasteiger partial charge in [-0.25, -0.2) is 4.79 Å². The summed E-state index contributed by atoms with van der Waals surface area (Å²) in [6.45, 7) is 4.10. The molecule has 2 rings (SSSR count). The maximum absolute atomic E-state index is 12.5. The van der Waals surface area contributed by atoms with Gasteiger partial charge >= 0.3 is 6.03 Å². The number of carbonyl (C=O) groups excluding carboxylic acids is 2. The maximum atomic E-state index is 12.5. The van der Waals surface area contributed by atoms with E-state index in [1.54, 1.807) is 12.0 Å². The Morgan fingerprint density at radius 3 is 2.64 bits per heavy atom. The lowest BCUT2D eigenvalue weighted by Crippen LogP contribution is -2.53. The normalized spacial score (nSPS) is 20.2. The van der Waals surface area contributed by atoms with Crippen molar-refractivity contribution in [1.29, 1.82) is 0 Å². The number of nitrogens with one attached hydrogen (secondary N) is 2. The van der Waals surface area contributed by atoms with Crippen molar-refractivity contribution in [3.05, 3.63) is 35.9 Å². The minimum absolute atomic E-state index is 0.00559. The van der Waals surface area contributed by atoms with Gasteiger partial charge in [-0.2, -0.15) is 0 Å². The SMILES string of the molecule is COCCNC(=O)[C@H]1CC[C@@H](C)N(C(=O)NCCc2ccccc2)C1. The third kappa shape index (κ3) is 6.05. The summed E-state index contributed by atoms with van der Waals surface area (Å²) in [6.07, 6.45) is 2.46. The second-order valence-corrected chi connectivity index (χ2v) is 6.53. The van der Waals surface area contributed by atoms with Crippen LogP contribution in [0.1, 0.15) is 25.3 Å². The van der Waals surface area contributed by atoms with Gasteiger partial charge in [0.15, 0.2) is 0 Å². The molecule has 2 N–H and O–H groups in total. The molecule has 1 aromatic carbocycles. The minimum atomic E-state index is -0.145. The second kappa shape index (κ2) is 10.0.